The SMILES string of the molecule is C[C@@H]1CN(S(=O)(=O)C2CCS(=O)(=O)C2)CCN1. The van der Waals surface area contributed by atoms with E-state index in [1.807, 2.05) is 6.92 Å². The summed E-state index contributed by atoms with van der Waals surface area (Å²) in [6, 6.07) is 0.122. The van der Waals surface area contributed by atoms with Crippen LogP contribution in [0.5, 0.6) is 0 Å². The number of hydrogen-bond donors (Lipinski definition) is 1. The Balaban J connectivity index is 2.14. The van der Waals surface area contributed by atoms with Gasteiger partial charge in [0.15, 0.2) is 9.84 Å². The predicted octanol–water partition coefficient (Wildman–Crippen LogP) is -1.20. The van der Waals surface area contributed by atoms with E-state index in [0.717, 1.165) is 0 Å². The van der Waals surface area contributed by atoms with E-state index in [1.54, 1.807) is 0 Å². The molecule has 2 fully saturated rings. The van der Waals surface area contributed by atoms with Gasteiger partial charge >= 0.3 is 0 Å². The Kier molecular flexibility index (Phi) is 3.50. The second kappa shape index (κ2) is 4.49. The molecule has 8 heteroatoms. The van der Waals surface area contributed by atoms with Gasteiger partial charge in [0.05, 0.1) is 16.8 Å². The van der Waals surface area contributed by atoms with Crippen LogP contribution in [-0.4, -0.2) is 63.6 Å². The van der Waals surface area contributed by atoms with Gasteiger partial charge in [-0.1, -0.05) is 0 Å². The maximum Gasteiger partial charge on any atom is 0.218 e. The van der Waals surface area contributed by atoms with Crippen LogP contribution in [0.3, 0.4) is 0 Å². The van der Waals surface area contributed by atoms with E-state index in [0.29, 0.717) is 19.6 Å². The zero-order valence-electron chi connectivity index (χ0n) is 9.79. The molecule has 17 heavy (non-hydrogen) atoms. The number of nitrogens with one attached hydrogen (secondary N) is 1. The lowest BCUT2D eigenvalue weighted by molar-refractivity contribution is 0.307. The lowest BCUT2D eigenvalue weighted by Crippen LogP contribution is -2.53. The van der Waals surface area contributed by atoms with E-state index >= 15 is 0 Å². The number of nitrogens with zero attached hydrogens (tertiary/aromatic N) is 1. The van der Waals surface area contributed by atoms with Crippen LogP contribution < -0.4 is 5.32 Å². The van der Waals surface area contributed by atoms with Crippen molar-refractivity contribution in [3.8, 4) is 0 Å². The van der Waals surface area contributed by atoms with Crippen LogP contribution in [0.25, 0.3) is 0 Å². The standard InChI is InChI=1S/C9H18N2O4S2/c1-8-6-11(4-3-10-8)17(14,15)9-2-5-16(12,13)7-9/h8-10H,2-7H2,1H3/t8-,9?/m1/s1. The highest BCUT2D eigenvalue weighted by atomic mass is 32.2. The van der Waals surface area contributed by atoms with Crippen LogP contribution in [0.4, 0.5) is 0 Å². The first kappa shape index (κ1) is 13.3. The molecule has 0 radical (unpaired) electrons. The monoisotopic (exact) mass is 282 g/mol. The van der Waals surface area contributed by atoms with Crippen LogP contribution in [0, 0.1) is 0 Å². The molecule has 1 unspecified atom stereocenters. The highest BCUT2D eigenvalue weighted by molar-refractivity contribution is 7.95. The third-order valence-corrected chi connectivity index (χ3v) is 7.58. The summed E-state index contributed by atoms with van der Waals surface area (Å²) in [7, 11) is -6.60. The molecule has 2 saturated heterocycles. The highest BCUT2D eigenvalue weighted by Crippen LogP contribution is 2.22. The fourth-order valence-corrected chi connectivity index (χ4v) is 6.95. The Bertz CT molecular complexity index is 485. The van der Waals surface area contributed by atoms with Gasteiger partial charge in [0, 0.05) is 25.7 Å². The van der Waals surface area contributed by atoms with E-state index in [1.165, 1.54) is 4.31 Å². The van der Waals surface area contributed by atoms with Crippen molar-refractivity contribution in [2.45, 2.75) is 24.6 Å². The normalized spacial score (nSPS) is 34.9. The lowest BCUT2D eigenvalue weighted by Gasteiger charge is -2.32. The van der Waals surface area contributed by atoms with E-state index in [2.05, 4.69) is 5.32 Å². The van der Waals surface area contributed by atoms with Crippen LogP contribution in [0.2, 0.25) is 0 Å². The van der Waals surface area contributed by atoms with Crippen molar-refractivity contribution in [1.29, 1.82) is 0 Å². The summed E-state index contributed by atoms with van der Waals surface area (Å²) in [6.07, 6.45) is 0.239. The zero-order chi connectivity index (χ0) is 12.7. The summed E-state index contributed by atoms with van der Waals surface area (Å²) in [5.74, 6) is -0.216. The van der Waals surface area contributed by atoms with Gasteiger partial charge in [0.2, 0.25) is 10.0 Å². The highest BCUT2D eigenvalue weighted by Gasteiger charge is 2.41. The molecule has 0 aliphatic carbocycles. The van der Waals surface area contributed by atoms with Crippen LogP contribution >= 0.6 is 0 Å². The van der Waals surface area contributed by atoms with Crippen LogP contribution in [0.15, 0.2) is 0 Å². The van der Waals surface area contributed by atoms with Gasteiger partial charge in [-0.05, 0) is 13.3 Å². The largest absolute Gasteiger partial charge is 0.312 e. The molecule has 0 aromatic carbocycles. The second-order valence-electron chi connectivity index (χ2n) is 4.78. The number of piperazine rings is 1. The molecule has 2 aliphatic rings. The van der Waals surface area contributed by atoms with Crippen molar-refractivity contribution in [3.05, 3.63) is 0 Å². The van der Waals surface area contributed by atoms with Crippen molar-refractivity contribution >= 4 is 19.9 Å². The predicted molar refractivity (Wildman–Crippen MR) is 65.0 cm³/mol. The molecule has 0 bridgehead atoms. The van der Waals surface area contributed by atoms with Gasteiger partial charge < -0.3 is 5.32 Å². The molecular weight excluding hydrogens is 264 g/mol. The summed E-state index contributed by atoms with van der Waals surface area (Å²) in [5, 5.41) is 2.43. The summed E-state index contributed by atoms with van der Waals surface area (Å²) < 4.78 is 48.6. The molecule has 0 saturated carbocycles. The number of rotatable bonds is 2. The van der Waals surface area contributed by atoms with Crippen molar-refractivity contribution in [1.82, 2.24) is 9.62 Å². The Hall–Kier alpha value is -0.180. The molecule has 100 valence electrons. The van der Waals surface area contributed by atoms with Gasteiger partial charge in [0.1, 0.15) is 0 Å². The van der Waals surface area contributed by atoms with E-state index in [4.69, 9.17) is 0 Å². The smallest absolute Gasteiger partial charge is 0.218 e. The molecule has 2 atom stereocenters. The summed E-state index contributed by atoms with van der Waals surface area (Å²) >= 11 is 0. The Morgan fingerprint density at radius 2 is 2.06 bits per heavy atom. The fourth-order valence-electron chi connectivity index (χ4n) is 2.33. The minimum Gasteiger partial charge on any atom is -0.312 e. The topological polar surface area (TPSA) is 83.6 Å². The van der Waals surface area contributed by atoms with E-state index in [9.17, 15) is 16.8 Å². The van der Waals surface area contributed by atoms with E-state index in [-0.39, 0.29) is 24.0 Å². The molecule has 0 aromatic rings. The van der Waals surface area contributed by atoms with Gasteiger partial charge in [-0.2, -0.15) is 4.31 Å². The van der Waals surface area contributed by atoms with Gasteiger partial charge in [-0.3, -0.25) is 0 Å². The summed E-state index contributed by atoms with van der Waals surface area (Å²) in [4.78, 5) is 0. The fraction of sp³-hybridized carbons (Fsp3) is 1.00. The van der Waals surface area contributed by atoms with Gasteiger partial charge in [0.25, 0.3) is 0 Å². The summed E-state index contributed by atoms with van der Waals surface area (Å²) in [6.45, 7) is 3.41. The second-order valence-corrected chi connectivity index (χ2v) is 9.22. The minimum atomic E-state index is -3.45. The number of hydrogen-bond acceptors (Lipinski definition) is 5. The molecule has 2 rings (SSSR count). The third kappa shape index (κ3) is 2.81. The maximum atomic E-state index is 12.3. The average molecular weight is 282 g/mol. The first-order valence-corrected chi connectivity index (χ1v) is 9.06. The average Bonchev–Trinajstić information content (AvgIpc) is 2.59. The molecule has 2 aliphatic heterocycles. The minimum absolute atomic E-state index is 0.00145. The first-order chi connectivity index (χ1) is 7.81. The molecule has 0 amide bonds. The first-order valence-electron chi connectivity index (χ1n) is 5.74. The van der Waals surface area contributed by atoms with E-state index < -0.39 is 25.1 Å². The number of sulfone groups is 1. The van der Waals surface area contributed by atoms with Crippen LogP contribution in [-0.2, 0) is 19.9 Å². The maximum absolute atomic E-state index is 12.3. The third-order valence-electron chi connectivity index (χ3n) is 3.30. The molecular formula is C9H18N2O4S2. The number of sulfonamides is 1. The Morgan fingerprint density at radius 1 is 1.35 bits per heavy atom. The van der Waals surface area contributed by atoms with Crippen molar-refractivity contribution < 1.29 is 16.8 Å². The van der Waals surface area contributed by atoms with Crippen LogP contribution in [0.1, 0.15) is 13.3 Å². The molecule has 6 nitrogen and oxygen atoms in total. The molecule has 0 spiro atoms. The van der Waals surface area contributed by atoms with Crippen molar-refractivity contribution in [2.24, 2.45) is 0 Å². The van der Waals surface area contributed by atoms with Gasteiger partial charge in [-0.15, -0.1) is 0 Å². The molecule has 2 heterocycles. The summed E-state index contributed by atoms with van der Waals surface area (Å²) in [5.41, 5.74) is 0. The van der Waals surface area contributed by atoms with Crippen molar-refractivity contribution in [3.63, 3.8) is 0 Å². The molecule has 1 N–H and O–H groups in total. The quantitative estimate of drug-likeness (QED) is 0.687. The Labute approximate surface area is 102 Å². The zero-order valence-corrected chi connectivity index (χ0v) is 11.4. The van der Waals surface area contributed by atoms with Crippen molar-refractivity contribution in [2.75, 3.05) is 31.1 Å². The Morgan fingerprint density at radius 3 is 2.59 bits per heavy atom. The lowest BCUT2D eigenvalue weighted by atomic mass is 10.3. The van der Waals surface area contributed by atoms with Gasteiger partial charge in [-0.25, -0.2) is 16.8 Å². The molecule has 0 aromatic heterocycles.